The molecule has 4 aromatic rings. The molecule has 2 aromatic carbocycles. The van der Waals surface area contributed by atoms with Gasteiger partial charge in [0.2, 0.25) is 5.78 Å². The first kappa shape index (κ1) is 23.7. The van der Waals surface area contributed by atoms with Gasteiger partial charge < -0.3 is 5.32 Å². The van der Waals surface area contributed by atoms with Gasteiger partial charge in [-0.2, -0.15) is 0 Å². The standard InChI is InChI=1S/C24H25ClFN5O3/c1-13(2)11-27-21(32)15-6-8-18-20(9-15)31-23(30(14(3)4)22(18)33)28-29(24(31)34)12-16-5-7-17(26)10-19(16)25/h5-10,13-14H,11-12H2,1-4H3,(H,27,32). The molecule has 0 saturated heterocycles. The van der Waals surface area contributed by atoms with Crippen molar-refractivity contribution in [1.29, 1.82) is 0 Å². The summed E-state index contributed by atoms with van der Waals surface area (Å²) in [5.41, 5.74) is 0.302. The maximum Gasteiger partial charge on any atom is 0.352 e. The smallest absolute Gasteiger partial charge is 0.352 e. The number of hydrogen-bond acceptors (Lipinski definition) is 4. The summed E-state index contributed by atoms with van der Waals surface area (Å²) in [6.45, 7) is 8.10. The van der Waals surface area contributed by atoms with E-state index in [9.17, 15) is 18.8 Å². The summed E-state index contributed by atoms with van der Waals surface area (Å²) in [5.74, 6) is -0.363. The average molecular weight is 486 g/mol. The zero-order valence-corrected chi connectivity index (χ0v) is 20.1. The number of benzene rings is 2. The molecule has 2 heterocycles. The first-order valence-corrected chi connectivity index (χ1v) is 11.4. The van der Waals surface area contributed by atoms with E-state index in [1.54, 1.807) is 12.1 Å². The molecule has 178 valence electrons. The van der Waals surface area contributed by atoms with Gasteiger partial charge in [-0.1, -0.05) is 31.5 Å². The van der Waals surface area contributed by atoms with Gasteiger partial charge in [-0.15, -0.1) is 5.10 Å². The third-order valence-corrected chi connectivity index (χ3v) is 5.86. The highest BCUT2D eigenvalue weighted by Crippen LogP contribution is 2.19. The van der Waals surface area contributed by atoms with Crippen LogP contribution in [0.4, 0.5) is 4.39 Å². The number of nitrogens with zero attached hydrogens (tertiary/aromatic N) is 4. The monoisotopic (exact) mass is 485 g/mol. The molecule has 0 saturated carbocycles. The Kier molecular flexibility index (Phi) is 6.31. The minimum atomic E-state index is -0.505. The third-order valence-electron chi connectivity index (χ3n) is 5.51. The normalized spacial score (nSPS) is 11.8. The number of rotatable bonds is 6. The number of amides is 1. The van der Waals surface area contributed by atoms with Crippen LogP contribution in [0.15, 0.2) is 46.0 Å². The minimum absolute atomic E-state index is 0.0119. The maximum atomic E-state index is 13.5. The number of nitrogens with one attached hydrogen (secondary N) is 1. The highest BCUT2D eigenvalue weighted by atomic mass is 35.5. The minimum Gasteiger partial charge on any atom is -0.352 e. The Morgan fingerprint density at radius 3 is 2.50 bits per heavy atom. The van der Waals surface area contributed by atoms with Crippen LogP contribution in [-0.2, 0) is 6.54 Å². The topological polar surface area (TPSA) is 90.4 Å². The Balaban J connectivity index is 1.95. The van der Waals surface area contributed by atoms with Crippen LogP contribution in [-0.4, -0.2) is 31.2 Å². The molecule has 34 heavy (non-hydrogen) atoms. The molecule has 0 spiro atoms. The van der Waals surface area contributed by atoms with Gasteiger partial charge in [0.15, 0.2) is 0 Å². The molecule has 8 nitrogen and oxygen atoms in total. The summed E-state index contributed by atoms with van der Waals surface area (Å²) < 4.78 is 17.4. The fourth-order valence-electron chi connectivity index (χ4n) is 3.80. The molecular weight excluding hydrogens is 461 g/mol. The Bertz CT molecular complexity index is 1530. The number of aromatic nitrogens is 4. The Morgan fingerprint density at radius 2 is 1.85 bits per heavy atom. The molecular formula is C24H25ClFN5O3. The largest absolute Gasteiger partial charge is 0.352 e. The molecule has 1 amide bonds. The summed E-state index contributed by atoms with van der Waals surface area (Å²) >= 11 is 6.15. The molecule has 0 atom stereocenters. The lowest BCUT2D eigenvalue weighted by atomic mass is 10.1. The van der Waals surface area contributed by atoms with E-state index in [2.05, 4.69) is 10.4 Å². The van der Waals surface area contributed by atoms with Crippen LogP contribution in [0.25, 0.3) is 16.7 Å². The second-order valence-electron chi connectivity index (χ2n) is 8.92. The van der Waals surface area contributed by atoms with Crippen molar-refractivity contribution in [2.45, 2.75) is 40.3 Å². The average Bonchev–Trinajstić information content (AvgIpc) is 3.09. The predicted molar refractivity (Wildman–Crippen MR) is 129 cm³/mol. The van der Waals surface area contributed by atoms with Crippen molar-refractivity contribution < 1.29 is 9.18 Å². The van der Waals surface area contributed by atoms with Gasteiger partial charge >= 0.3 is 5.69 Å². The molecule has 0 aliphatic rings. The molecule has 4 rings (SSSR count). The van der Waals surface area contributed by atoms with Crippen LogP contribution in [0.2, 0.25) is 5.02 Å². The van der Waals surface area contributed by atoms with Crippen LogP contribution in [0, 0.1) is 11.7 Å². The van der Waals surface area contributed by atoms with Crippen LogP contribution >= 0.6 is 11.6 Å². The van der Waals surface area contributed by atoms with Gasteiger partial charge in [-0.25, -0.2) is 18.3 Å². The van der Waals surface area contributed by atoms with Crippen molar-refractivity contribution in [3.63, 3.8) is 0 Å². The fraction of sp³-hybridized carbons (Fsp3) is 0.333. The third kappa shape index (κ3) is 4.23. The van der Waals surface area contributed by atoms with E-state index in [0.717, 1.165) is 0 Å². The summed E-state index contributed by atoms with van der Waals surface area (Å²) in [5, 5.41) is 7.72. The molecule has 0 aliphatic carbocycles. The number of halogens is 2. The molecule has 0 aliphatic heterocycles. The highest BCUT2D eigenvalue weighted by Gasteiger charge is 2.21. The highest BCUT2D eigenvalue weighted by molar-refractivity contribution is 6.31. The molecule has 1 N–H and O–H groups in total. The van der Waals surface area contributed by atoms with E-state index in [-0.39, 0.29) is 46.3 Å². The lowest BCUT2D eigenvalue weighted by Crippen LogP contribution is -2.29. The molecule has 2 aromatic heterocycles. The van der Waals surface area contributed by atoms with Gasteiger partial charge in [-0.05, 0) is 55.7 Å². The predicted octanol–water partition coefficient (Wildman–Crippen LogP) is 3.62. The van der Waals surface area contributed by atoms with Gasteiger partial charge in [-0.3, -0.25) is 14.2 Å². The second kappa shape index (κ2) is 9.06. The lowest BCUT2D eigenvalue weighted by Gasteiger charge is -2.13. The fourth-order valence-corrected chi connectivity index (χ4v) is 4.03. The van der Waals surface area contributed by atoms with Crippen LogP contribution < -0.4 is 16.6 Å². The molecule has 0 bridgehead atoms. The zero-order valence-electron chi connectivity index (χ0n) is 19.3. The van der Waals surface area contributed by atoms with Crippen molar-refractivity contribution in [3.05, 3.63) is 79.2 Å². The van der Waals surface area contributed by atoms with E-state index >= 15 is 0 Å². The number of hydrogen-bond donors (Lipinski definition) is 1. The SMILES string of the molecule is CC(C)CNC(=O)c1ccc2c(=O)n(C(C)C)c3nn(Cc4ccc(F)cc4Cl)c(=O)n3c2c1. The first-order valence-electron chi connectivity index (χ1n) is 11.0. The van der Waals surface area contributed by atoms with Gasteiger partial charge in [0.25, 0.3) is 11.5 Å². The molecule has 10 heteroatoms. The van der Waals surface area contributed by atoms with E-state index in [0.29, 0.717) is 23.1 Å². The molecule has 0 fully saturated rings. The van der Waals surface area contributed by atoms with Crippen molar-refractivity contribution >= 4 is 34.2 Å². The number of fused-ring (bicyclic) bond motifs is 3. The van der Waals surface area contributed by atoms with Crippen molar-refractivity contribution in [2.75, 3.05) is 6.54 Å². The second-order valence-corrected chi connectivity index (χ2v) is 9.32. The Labute approximate surface area is 199 Å². The van der Waals surface area contributed by atoms with Gasteiger partial charge in [0, 0.05) is 23.2 Å². The van der Waals surface area contributed by atoms with Gasteiger partial charge in [0.05, 0.1) is 17.4 Å². The van der Waals surface area contributed by atoms with E-state index in [1.807, 2.05) is 27.7 Å². The van der Waals surface area contributed by atoms with E-state index < -0.39 is 11.5 Å². The van der Waals surface area contributed by atoms with Crippen LogP contribution in [0.1, 0.15) is 49.7 Å². The first-order chi connectivity index (χ1) is 16.1. The maximum absolute atomic E-state index is 13.5. The van der Waals surface area contributed by atoms with E-state index in [4.69, 9.17) is 11.6 Å². The van der Waals surface area contributed by atoms with Crippen molar-refractivity contribution in [2.24, 2.45) is 5.92 Å². The quantitative estimate of drug-likeness (QED) is 0.451. The van der Waals surface area contributed by atoms with Crippen LogP contribution in [0.3, 0.4) is 0 Å². The van der Waals surface area contributed by atoms with Crippen LogP contribution in [0.5, 0.6) is 0 Å². The Hall–Kier alpha value is -3.46. The van der Waals surface area contributed by atoms with Crippen molar-refractivity contribution in [1.82, 2.24) is 24.1 Å². The Morgan fingerprint density at radius 1 is 1.12 bits per heavy atom. The summed E-state index contributed by atoms with van der Waals surface area (Å²) in [6, 6.07) is 8.28. The lowest BCUT2D eigenvalue weighted by molar-refractivity contribution is 0.0949. The summed E-state index contributed by atoms with van der Waals surface area (Å²) in [4.78, 5) is 39.4. The molecule has 0 radical (unpaired) electrons. The number of carbonyl (C=O) groups is 1. The summed E-state index contributed by atoms with van der Waals surface area (Å²) in [7, 11) is 0. The van der Waals surface area contributed by atoms with E-state index in [1.165, 1.54) is 37.9 Å². The van der Waals surface area contributed by atoms with Gasteiger partial charge in [0.1, 0.15) is 5.82 Å². The zero-order chi connectivity index (χ0) is 24.7. The summed E-state index contributed by atoms with van der Waals surface area (Å²) in [6.07, 6.45) is 0. The number of carbonyl (C=O) groups excluding carboxylic acids is 1. The molecule has 0 unspecified atom stereocenters. The van der Waals surface area contributed by atoms with Crippen molar-refractivity contribution in [3.8, 4) is 0 Å².